The number of aromatic nitrogens is 2. The molecule has 0 aliphatic carbocycles. The van der Waals surface area contributed by atoms with Crippen LogP contribution in [0.3, 0.4) is 0 Å². The number of benzene rings is 2. The third-order valence-corrected chi connectivity index (χ3v) is 5.68. The maximum Gasteiger partial charge on any atom is 0.318 e. The number of nitrogens with zero attached hydrogens (tertiary/aromatic N) is 5. The highest BCUT2D eigenvalue weighted by Crippen LogP contribution is 2.35. The lowest BCUT2D eigenvalue weighted by Crippen LogP contribution is -2.53. The van der Waals surface area contributed by atoms with Crippen LogP contribution in [0.2, 0.25) is 10.0 Å². The molecule has 2 heterocycles. The maximum atomic E-state index is 12.1. The second-order valence-electron chi connectivity index (χ2n) is 6.84. The van der Waals surface area contributed by atoms with Crippen molar-refractivity contribution in [3.8, 4) is 11.1 Å². The van der Waals surface area contributed by atoms with Gasteiger partial charge in [0.15, 0.2) is 0 Å². The molecule has 1 aromatic heterocycles. The third kappa shape index (κ3) is 3.70. The van der Waals surface area contributed by atoms with E-state index < -0.39 is 6.17 Å². The zero-order chi connectivity index (χ0) is 21.3. The fourth-order valence-corrected chi connectivity index (χ4v) is 4.00. The Morgan fingerprint density at radius 3 is 2.67 bits per heavy atom. The SMILES string of the molecule is [C-]#[N+][C@H]1CN(c2ncnc3cc(Cl)c(-c4ccc(Cl)cc4)cc23)CCN1C(=O)C=C. The number of hydrogen-bond acceptors (Lipinski definition) is 4. The molecule has 1 atom stereocenters. The second-order valence-corrected chi connectivity index (χ2v) is 7.69. The standard InChI is InChI=1S/C22H17Cl2N5O/c1-3-21(30)29-9-8-28(12-20(29)25-2)22-17-10-16(14-4-6-15(23)7-5-14)18(24)11-19(17)26-13-27-22/h3-7,10-11,13,20H,1,8-9,12H2/t20-/m1/s1. The van der Waals surface area contributed by atoms with Gasteiger partial charge in [-0.25, -0.2) is 16.5 Å². The lowest BCUT2D eigenvalue weighted by molar-refractivity contribution is -0.127. The number of piperazine rings is 1. The van der Waals surface area contributed by atoms with Crippen LogP contribution in [0.1, 0.15) is 0 Å². The summed E-state index contributed by atoms with van der Waals surface area (Å²) in [6.45, 7) is 12.4. The number of hydrogen-bond donors (Lipinski definition) is 0. The molecule has 3 aromatic rings. The summed E-state index contributed by atoms with van der Waals surface area (Å²) in [5.41, 5.74) is 2.49. The Morgan fingerprint density at radius 1 is 1.20 bits per heavy atom. The van der Waals surface area contributed by atoms with Gasteiger partial charge in [-0.15, -0.1) is 0 Å². The van der Waals surface area contributed by atoms with Crippen molar-refractivity contribution < 1.29 is 4.79 Å². The van der Waals surface area contributed by atoms with Crippen molar-refractivity contribution in [3.05, 3.63) is 76.8 Å². The molecular formula is C22H17Cl2N5O. The maximum absolute atomic E-state index is 12.1. The normalized spacial score (nSPS) is 16.4. The molecule has 1 aliphatic heterocycles. The first-order valence-electron chi connectivity index (χ1n) is 9.26. The molecule has 1 amide bonds. The van der Waals surface area contributed by atoms with Gasteiger partial charge in [0.05, 0.1) is 10.5 Å². The Balaban J connectivity index is 1.76. The average Bonchev–Trinajstić information content (AvgIpc) is 2.78. The smallest absolute Gasteiger partial charge is 0.318 e. The predicted octanol–water partition coefficient (Wildman–Crippen LogP) is 4.68. The van der Waals surface area contributed by atoms with Gasteiger partial charge in [0.1, 0.15) is 18.7 Å². The molecule has 0 bridgehead atoms. The molecule has 0 radical (unpaired) electrons. The van der Waals surface area contributed by atoms with Gasteiger partial charge in [0.2, 0.25) is 0 Å². The average molecular weight is 438 g/mol. The Labute approximate surface area is 184 Å². The number of anilines is 1. The Kier molecular flexibility index (Phi) is 5.58. The van der Waals surface area contributed by atoms with E-state index in [0.717, 1.165) is 16.5 Å². The van der Waals surface area contributed by atoms with Gasteiger partial charge >= 0.3 is 6.17 Å². The molecular weight excluding hydrogens is 421 g/mol. The molecule has 30 heavy (non-hydrogen) atoms. The fraction of sp³-hybridized carbons (Fsp3) is 0.182. The van der Waals surface area contributed by atoms with Crippen LogP contribution >= 0.6 is 23.2 Å². The Hall–Kier alpha value is -3.14. The Bertz CT molecular complexity index is 1170. The lowest BCUT2D eigenvalue weighted by atomic mass is 10.0. The number of carbonyl (C=O) groups excluding carboxylic acids is 1. The quantitative estimate of drug-likeness (QED) is 0.440. The number of halogens is 2. The van der Waals surface area contributed by atoms with E-state index in [0.29, 0.717) is 41.0 Å². The summed E-state index contributed by atoms with van der Waals surface area (Å²) in [6.07, 6.45) is 2.13. The van der Waals surface area contributed by atoms with E-state index in [-0.39, 0.29) is 5.91 Å². The molecule has 0 saturated carbocycles. The van der Waals surface area contributed by atoms with Gasteiger partial charge in [-0.05, 0) is 35.9 Å². The van der Waals surface area contributed by atoms with Crippen LogP contribution in [-0.4, -0.2) is 46.6 Å². The summed E-state index contributed by atoms with van der Waals surface area (Å²) in [6, 6.07) is 11.2. The molecule has 4 rings (SSSR count). The lowest BCUT2D eigenvalue weighted by Gasteiger charge is -2.35. The minimum Gasteiger partial charge on any atom is -0.344 e. The zero-order valence-corrected chi connectivity index (χ0v) is 17.4. The van der Waals surface area contributed by atoms with Crippen LogP contribution in [0.25, 0.3) is 26.9 Å². The van der Waals surface area contributed by atoms with E-state index in [9.17, 15) is 4.79 Å². The first-order valence-corrected chi connectivity index (χ1v) is 10.0. The summed E-state index contributed by atoms with van der Waals surface area (Å²) >= 11 is 12.5. The molecule has 8 heteroatoms. The number of fused-ring (bicyclic) bond motifs is 1. The molecule has 0 spiro atoms. The molecule has 6 nitrogen and oxygen atoms in total. The van der Waals surface area contributed by atoms with Crippen LogP contribution in [-0.2, 0) is 4.79 Å². The van der Waals surface area contributed by atoms with Crippen LogP contribution in [0.5, 0.6) is 0 Å². The molecule has 0 unspecified atom stereocenters. The van der Waals surface area contributed by atoms with Gasteiger partial charge < -0.3 is 4.90 Å². The summed E-state index contributed by atoms with van der Waals surface area (Å²) in [5, 5.41) is 2.06. The van der Waals surface area contributed by atoms with E-state index >= 15 is 0 Å². The van der Waals surface area contributed by atoms with E-state index in [1.54, 1.807) is 0 Å². The molecule has 1 fully saturated rings. The first kappa shape index (κ1) is 20.1. The zero-order valence-electron chi connectivity index (χ0n) is 15.9. The summed E-state index contributed by atoms with van der Waals surface area (Å²) in [4.78, 5) is 28.1. The first-order chi connectivity index (χ1) is 14.5. The van der Waals surface area contributed by atoms with E-state index in [1.807, 2.05) is 41.3 Å². The second kappa shape index (κ2) is 8.31. The van der Waals surface area contributed by atoms with Crippen LogP contribution in [0, 0.1) is 6.57 Å². The summed E-state index contributed by atoms with van der Waals surface area (Å²) < 4.78 is 0. The highest BCUT2D eigenvalue weighted by Gasteiger charge is 2.34. The van der Waals surface area contributed by atoms with Crippen molar-refractivity contribution in [1.82, 2.24) is 14.9 Å². The van der Waals surface area contributed by atoms with Crippen molar-refractivity contribution in [2.24, 2.45) is 0 Å². The molecule has 150 valence electrons. The van der Waals surface area contributed by atoms with E-state index in [1.165, 1.54) is 17.3 Å². The summed E-state index contributed by atoms with van der Waals surface area (Å²) in [5.74, 6) is 0.478. The third-order valence-electron chi connectivity index (χ3n) is 5.12. The number of amides is 1. The topological polar surface area (TPSA) is 53.7 Å². The molecule has 1 aliphatic rings. The van der Waals surface area contributed by atoms with Gasteiger partial charge in [0, 0.05) is 29.1 Å². The van der Waals surface area contributed by atoms with Gasteiger partial charge in [-0.1, -0.05) is 41.9 Å². The minimum absolute atomic E-state index is 0.236. The van der Waals surface area contributed by atoms with Gasteiger partial charge in [0.25, 0.3) is 5.91 Å². The number of carbonyl (C=O) groups is 1. The molecule has 1 saturated heterocycles. The van der Waals surface area contributed by atoms with Crippen LogP contribution in [0.4, 0.5) is 5.82 Å². The van der Waals surface area contributed by atoms with Crippen molar-refractivity contribution >= 4 is 45.8 Å². The van der Waals surface area contributed by atoms with Crippen LogP contribution in [0.15, 0.2) is 55.4 Å². The van der Waals surface area contributed by atoms with Crippen molar-refractivity contribution in [2.45, 2.75) is 6.17 Å². The number of rotatable bonds is 3. The van der Waals surface area contributed by atoms with Crippen molar-refractivity contribution in [1.29, 1.82) is 0 Å². The van der Waals surface area contributed by atoms with E-state index in [4.69, 9.17) is 29.8 Å². The van der Waals surface area contributed by atoms with Gasteiger partial charge in [-0.2, -0.15) is 0 Å². The largest absolute Gasteiger partial charge is 0.344 e. The molecule has 0 N–H and O–H groups in total. The Morgan fingerprint density at radius 2 is 1.97 bits per heavy atom. The highest BCUT2D eigenvalue weighted by atomic mass is 35.5. The summed E-state index contributed by atoms with van der Waals surface area (Å²) in [7, 11) is 0. The van der Waals surface area contributed by atoms with E-state index in [2.05, 4.69) is 21.4 Å². The van der Waals surface area contributed by atoms with Crippen LogP contribution < -0.4 is 4.90 Å². The van der Waals surface area contributed by atoms with Gasteiger partial charge in [-0.3, -0.25) is 14.5 Å². The predicted molar refractivity (Wildman–Crippen MR) is 120 cm³/mol. The van der Waals surface area contributed by atoms with Crippen molar-refractivity contribution in [3.63, 3.8) is 0 Å². The fourth-order valence-electron chi connectivity index (χ4n) is 3.61. The monoisotopic (exact) mass is 437 g/mol. The molecule has 2 aromatic carbocycles. The van der Waals surface area contributed by atoms with Crippen molar-refractivity contribution in [2.75, 3.05) is 24.5 Å². The minimum atomic E-state index is -0.600. The highest BCUT2D eigenvalue weighted by molar-refractivity contribution is 6.34.